The maximum atomic E-state index is 11.5. The zero-order chi connectivity index (χ0) is 18.6. The van der Waals surface area contributed by atoms with E-state index in [0.29, 0.717) is 23.6 Å². The minimum atomic E-state index is -0.543. The molecule has 0 bridgehead atoms. The summed E-state index contributed by atoms with van der Waals surface area (Å²) < 4.78 is 1.74. The fourth-order valence-corrected chi connectivity index (χ4v) is 3.31. The van der Waals surface area contributed by atoms with Crippen LogP contribution in [0.1, 0.15) is 21.7 Å². The van der Waals surface area contributed by atoms with E-state index in [9.17, 15) is 4.79 Å². The van der Waals surface area contributed by atoms with Crippen molar-refractivity contribution in [2.45, 2.75) is 6.42 Å². The number of benzene rings is 1. The highest BCUT2D eigenvalue weighted by molar-refractivity contribution is 7.13. The first-order chi connectivity index (χ1) is 13.2. The zero-order valence-electron chi connectivity index (χ0n) is 14.1. The Morgan fingerprint density at radius 1 is 1.11 bits per heavy atom. The number of carbonyl (C=O) groups excluding carboxylic acids is 1. The Kier molecular flexibility index (Phi) is 4.73. The largest absolute Gasteiger partial charge is 0.288 e. The fraction of sp³-hybridized carbons (Fsp3) is 0.0526. The van der Waals surface area contributed by atoms with Crippen molar-refractivity contribution in [2.24, 2.45) is 0 Å². The maximum absolute atomic E-state index is 11.5. The van der Waals surface area contributed by atoms with Gasteiger partial charge in [-0.2, -0.15) is 4.68 Å². The average molecular weight is 377 g/mol. The molecule has 8 heteroatoms. The first-order valence-electron chi connectivity index (χ1n) is 8.19. The van der Waals surface area contributed by atoms with Crippen LogP contribution in [0.4, 0.5) is 0 Å². The van der Waals surface area contributed by atoms with Crippen molar-refractivity contribution in [2.75, 3.05) is 0 Å². The third-order valence-electron chi connectivity index (χ3n) is 3.96. The summed E-state index contributed by atoms with van der Waals surface area (Å²) in [5.41, 5.74) is 2.97. The zero-order valence-corrected chi connectivity index (χ0v) is 14.9. The van der Waals surface area contributed by atoms with E-state index in [1.54, 1.807) is 39.8 Å². The third-order valence-corrected chi connectivity index (χ3v) is 4.83. The number of thiophene rings is 1. The summed E-state index contributed by atoms with van der Waals surface area (Å²) in [5, 5.41) is 15.3. The van der Waals surface area contributed by atoms with Crippen molar-refractivity contribution >= 4 is 17.2 Å². The van der Waals surface area contributed by atoms with Gasteiger partial charge < -0.3 is 0 Å². The van der Waals surface area contributed by atoms with Crippen molar-refractivity contribution < 1.29 is 10.0 Å². The highest BCUT2D eigenvalue weighted by Crippen LogP contribution is 2.23. The molecule has 27 heavy (non-hydrogen) atoms. The van der Waals surface area contributed by atoms with Gasteiger partial charge in [-0.05, 0) is 41.3 Å². The van der Waals surface area contributed by atoms with Gasteiger partial charge in [0.2, 0.25) is 0 Å². The molecule has 0 spiro atoms. The van der Waals surface area contributed by atoms with Gasteiger partial charge in [-0.25, -0.2) is 15.4 Å². The first-order valence-corrected chi connectivity index (χ1v) is 9.07. The molecule has 4 rings (SSSR count). The second kappa shape index (κ2) is 7.48. The lowest BCUT2D eigenvalue weighted by Crippen LogP contribution is -2.18. The van der Waals surface area contributed by atoms with Gasteiger partial charge in [0.25, 0.3) is 5.91 Å². The summed E-state index contributed by atoms with van der Waals surface area (Å²) in [5.74, 6) is 1.55. The van der Waals surface area contributed by atoms with E-state index in [-0.39, 0.29) is 0 Å². The molecule has 0 aliphatic heterocycles. The van der Waals surface area contributed by atoms with Gasteiger partial charge in [0.1, 0.15) is 5.82 Å². The second-order valence-electron chi connectivity index (χ2n) is 5.74. The minimum Gasteiger partial charge on any atom is -0.288 e. The summed E-state index contributed by atoms with van der Waals surface area (Å²) >= 11 is 1.58. The smallest absolute Gasteiger partial charge is 0.274 e. The summed E-state index contributed by atoms with van der Waals surface area (Å²) in [6.07, 6.45) is 2.24. The molecule has 0 radical (unpaired) electrons. The SMILES string of the molecule is O=C(NO)c1ccc(Cc2nc(-c3cccs3)nn2-c2ccccn2)cc1. The van der Waals surface area contributed by atoms with Crippen LogP contribution in [-0.4, -0.2) is 30.9 Å². The number of hydrogen-bond acceptors (Lipinski definition) is 6. The monoisotopic (exact) mass is 377 g/mol. The Hall–Kier alpha value is -3.36. The lowest BCUT2D eigenvalue weighted by atomic mass is 10.1. The molecule has 3 aromatic heterocycles. The summed E-state index contributed by atoms with van der Waals surface area (Å²) in [6.45, 7) is 0. The minimum absolute atomic E-state index is 0.381. The van der Waals surface area contributed by atoms with E-state index in [1.165, 1.54) is 0 Å². The quantitative estimate of drug-likeness (QED) is 0.412. The third kappa shape index (κ3) is 3.62. The highest BCUT2D eigenvalue weighted by Gasteiger charge is 2.15. The normalized spacial score (nSPS) is 10.7. The number of nitrogens with one attached hydrogen (secondary N) is 1. The van der Waals surface area contributed by atoms with Gasteiger partial charge in [-0.15, -0.1) is 16.4 Å². The summed E-state index contributed by atoms with van der Waals surface area (Å²) in [6, 6.07) is 16.5. The lowest BCUT2D eigenvalue weighted by molar-refractivity contribution is 0.0706. The van der Waals surface area contributed by atoms with Crippen LogP contribution in [0.15, 0.2) is 66.2 Å². The predicted octanol–water partition coefficient (Wildman–Crippen LogP) is 3.10. The molecule has 0 aliphatic rings. The van der Waals surface area contributed by atoms with E-state index in [1.807, 2.05) is 47.8 Å². The van der Waals surface area contributed by atoms with Crippen molar-refractivity contribution in [1.82, 2.24) is 25.2 Å². The Labute approximate surface area is 158 Å². The predicted molar refractivity (Wildman–Crippen MR) is 101 cm³/mol. The number of carbonyl (C=O) groups is 1. The van der Waals surface area contributed by atoms with Crippen LogP contribution < -0.4 is 5.48 Å². The molecular formula is C19H15N5O2S. The molecule has 134 valence electrons. The van der Waals surface area contributed by atoms with Gasteiger partial charge in [0.15, 0.2) is 11.6 Å². The number of hydrogen-bond donors (Lipinski definition) is 2. The average Bonchev–Trinajstić information content (AvgIpc) is 3.38. The van der Waals surface area contributed by atoms with Gasteiger partial charge >= 0.3 is 0 Å². The molecule has 0 saturated heterocycles. The fourth-order valence-electron chi connectivity index (χ4n) is 2.65. The molecule has 2 N–H and O–H groups in total. The first kappa shape index (κ1) is 17.1. The van der Waals surface area contributed by atoms with E-state index in [2.05, 4.69) is 10.1 Å². The molecule has 0 fully saturated rings. The number of pyridine rings is 1. The summed E-state index contributed by atoms with van der Waals surface area (Å²) in [4.78, 5) is 21.5. The van der Waals surface area contributed by atoms with Gasteiger partial charge in [0.05, 0.1) is 4.88 Å². The van der Waals surface area contributed by atoms with Crippen LogP contribution in [0.2, 0.25) is 0 Å². The van der Waals surface area contributed by atoms with Crippen LogP contribution in [0.25, 0.3) is 16.5 Å². The molecule has 1 aromatic carbocycles. The molecule has 3 heterocycles. The second-order valence-corrected chi connectivity index (χ2v) is 6.69. The Morgan fingerprint density at radius 3 is 2.63 bits per heavy atom. The molecule has 0 saturated carbocycles. The van der Waals surface area contributed by atoms with E-state index in [0.717, 1.165) is 16.3 Å². The molecule has 0 atom stereocenters. The molecule has 1 amide bonds. The van der Waals surface area contributed by atoms with Crippen LogP contribution in [0, 0.1) is 0 Å². The summed E-state index contributed by atoms with van der Waals surface area (Å²) in [7, 11) is 0. The molecule has 7 nitrogen and oxygen atoms in total. The van der Waals surface area contributed by atoms with Gasteiger partial charge in [-0.1, -0.05) is 24.3 Å². The molecule has 0 unspecified atom stereocenters. The number of aromatic nitrogens is 4. The standard InChI is InChI=1S/C19H15N5O2S/c25-19(23-26)14-8-6-13(7-9-14)12-17-21-18(15-4-3-11-27-15)22-24(17)16-5-1-2-10-20-16/h1-11,26H,12H2,(H,23,25). The molecule has 0 aliphatic carbocycles. The van der Waals surface area contributed by atoms with Crippen molar-refractivity contribution in [1.29, 1.82) is 0 Å². The van der Waals surface area contributed by atoms with Crippen LogP contribution in [0.3, 0.4) is 0 Å². The Morgan fingerprint density at radius 2 is 1.96 bits per heavy atom. The van der Waals surface area contributed by atoms with E-state index >= 15 is 0 Å². The van der Waals surface area contributed by atoms with Crippen LogP contribution in [0.5, 0.6) is 0 Å². The number of amides is 1. The Bertz CT molecular complexity index is 1040. The number of hydroxylamine groups is 1. The number of rotatable bonds is 5. The topological polar surface area (TPSA) is 92.9 Å². The van der Waals surface area contributed by atoms with Gasteiger partial charge in [0, 0.05) is 18.2 Å². The van der Waals surface area contributed by atoms with E-state index < -0.39 is 5.91 Å². The van der Waals surface area contributed by atoms with Crippen molar-refractivity contribution in [3.63, 3.8) is 0 Å². The number of nitrogens with zero attached hydrogens (tertiary/aromatic N) is 4. The van der Waals surface area contributed by atoms with Crippen LogP contribution >= 0.6 is 11.3 Å². The maximum Gasteiger partial charge on any atom is 0.274 e. The van der Waals surface area contributed by atoms with Crippen molar-refractivity contribution in [3.05, 3.63) is 83.1 Å². The highest BCUT2D eigenvalue weighted by atomic mass is 32.1. The van der Waals surface area contributed by atoms with Crippen LogP contribution in [-0.2, 0) is 6.42 Å². The Balaban J connectivity index is 1.70. The molecule has 4 aromatic rings. The molecular weight excluding hydrogens is 362 g/mol. The van der Waals surface area contributed by atoms with E-state index in [4.69, 9.17) is 10.2 Å². The van der Waals surface area contributed by atoms with Crippen molar-refractivity contribution in [3.8, 4) is 16.5 Å². The lowest BCUT2D eigenvalue weighted by Gasteiger charge is -2.05. The van der Waals surface area contributed by atoms with Gasteiger partial charge in [-0.3, -0.25) is 10.0 Å².